The largest absolute Gasteiger partial charge is 0.326 e. The Morgan fingerprint density at radius 3 is 2.46 bits per heavy atom. The number of amides is 2. The highest BCUT2D eigenvalue weighted by Crippen LogP contribution is 2.39. The number of nitrogens with one attached hydrogen (secondary N) is 1. The van der Waals surface area contributed by atoms with Gasteiger partial charge in [0.1, 0.15) is 5.25 Å². The van der Waals surface area contributed by atoms with E-state index in [1.54, 1.807) is 0 Å². The third kappa shape index (κ3) is 5.63. The zero-order valence-electron chi connectivity index (χ0n) is 20.9. The van der Waals surface area contributed by atoms with Crippen LogP contribution in [0.25, 0.3) is 0 Å². The Morgan fingerprint density at radius 1 is 1.03 bits per heavy atom. The summed E-state index contributed by atoms with van der Waals surface area (Å²) in [5, 5.41) is 10.2. The molecule has 1 N–H and O–H groups in total. The number of aliphatic imine (C=N–C) groups is 1. The van der Waals surface area contributed by atoms with E-state index in [2.05, 4.69) is 41.5 Å². The van der Waals surface area contributed by atoms with Crippen LogP contribution in [0, 0.1) is 20.8 Å². The van der Waals surface area contributed by atoms with Gasteiger partial charge in [0.2, 0.25) is 5.91 Å². The van der Waals surface area contributed by atoms with Crippen LogP contribution in [0.3, 0.4) is 0 Å². The lowest BCUT2D eigenvalue weighted by Crippen LogP contribution is -2.25. The fourth-order valence-corrected chi connectivity index (χ4v) is 5.54. The van der Waals surface area contributed by atoms with E-state index in [1.807, 2.05) is 61.3 Å². The number of amidine groups is 1. The predicted molar refractivity (Wildman–Crippen MR) is 151 cm³/mol. The third-order valence-corrected chi connectivity index (χ3v) is 8.03. The second-order valence-electron chi connectivity index (χ2n) is 9.42. The molecule has 0 saturated carbocycles. The van der Waals surface area contributed by atoms with Crippen LogP contribution in [-0.4, -0.2) is 33.0 Å². The molecule has 0 aromatic heterocycles. The van der Waals surface area contributed by atoms with Crippen molar-refractivity contribution in [1.29, 1.82) is 0 Å². The number of hydrazone groups is 1. The monoisotopic (exact) mass is 530 g/mol. The second kappa shape index (κ2) is 10.5. The van der Waals surface area contributed by atoms with Gasteiger partial charge in [0, 0.05) is 23.6 Å². The topological polar surface area (TPSA) is 74.1 Å². The normalized spacial score (nSPS) is 19.1. The van der Waals surface area contributed by atoms with Crippen LogP contribution in [0.2, 0.25) is 5.02 Å². The highest BCUT2D eigenvalue weighted by atomic mass is 35.5. The van der Waals surface area contributed by atoms with Gasteiger partial charge in [0.15, 0.2) is 5.17 Å². The molecule has 0 unspecified atom stereocenters. The number of nitrogens with zero attached hydrogens (tertiary/aromatic N) is 3. The van der Waals surface area contributed by atoms with E-state index < -0.39 is 5.25 Å². The minimum Gasteiger partial charge on any atom is -0.326 e. The van der Waals surface area contributed by atoms with Gasteiger partial charge in [-0.05, 0) is 67.3 Å². The van der Waals surface area contributed by atoms with Gasteiger partial charge < -0.3 is 5.32 Å². The summed E-state index contributed by atoms with van der Waals surface area (Å²) >= 11 is 7.42. The Bertz CT molecular complexity index is 1420. The maximum Gasteiger partial charge on any atom is 0.262 e. The summed E-state index contributed by atoms with van der Waals surface area (Å²) < 4.78 is 0. The summed E-state index contributed by atoms with van der Waals surface area (Å²) in [6.45, 7) is 6.07. The van der Waals surface area contributed by atoms with Gasteiger partial charge in [-0.2, -0.15) is 10.1 Å². The van der Waals surface area contributed by atoms with E-state index in [1.165, 1.54) is 17.3 Å². The number of carbonyl (C=O) groups is 2. The molecular formula is C29H27ClN4O2S. The maximum absolute atomic E-state index is 12.8. The predicted octanol–water partition coefficient (Wildman–Crippen LogP) is 6.44. The summed E-state index contributed by atoms with van der Waals surface area (Å²) in [6, 6.07) is 21.5. The van der Waals surface area contributed by atoms with E-state index in [4.69, 9.17) is 16.7 Å². The van der Waals surface area contributed by atoms with Crippen molar-refractivity contribution in [3.8, 4) is 0 Å². The highest BCUT2D eigenvalue weighted by molar-refractivity contribution is 8.15. The van der Waals surface area contributed by atoms with E-state index in [9.17, 15) is 9.59 Å². The Kier molecular flexibility index (Phi) is 7.17. The Balaban J connectivity index is 1.34. The molecule has 0 bridgehead atoms. The van der Waals surface area contributed by atoms with Crippen molar-refractivity contribution in [3.63, 3.8) is 0 Å². The van der Waals surface area contributed by atoms with E-state index in [-0.39, 0.29) is 24.3 Å². The highest BCUT2D eigenvalue weighted by Gasteiger charge is 2.39. The standard InChI is InChI=1S/C29H27ClN4O2S/c1-17-4-7-20(8-5-17)24-15-25(21-9-11-22(30)12-10-21)34(33-24)29-32-28(36)26(37-29)16-27(35)31-23-13-6-18(2)19(3)14-23/h4-14,25-26H,15-16H2,1-3H3,(H,31,35)/t25-,26-/m1/s1. The zero-order chi connectivity index (χ0) is 26.1. The molecule has 2 heterocycles. The number of hydrogen-bond acceptors (Lipinski definition) is 5. The van der Waals surface area contributed by atoms with Crippen LogP contribution in [-0.2, 0) is 9.59 Å². The van der Waals surface area contributed by atoms with Gasteiger partial charge in [-0.15, -0.1) is 0 Å². The lowest BCUT2D eigenvalue weighted by molar-refractivity contribution is -0.121. The number of halogens is 1. The average Bonchev–Trinajstić information content (AvgIpc) is 3.46. The number of hydrogen-bond donors (Lipinski definition) is 1. The van der Waals surface area contributed by atoms with Crippen molar-refractivity contribution in [2.75, 3.05) is 5.32 Å². The molecule has 2 aliphatic rings. The second-order valence-corrected chi connectivity index (χ2v) is 11.0. The van der Waals surface area contributed by atoms with Crippen molar-refractivity contribution in [1.82, 2.24) is 5.01 Å². The van der Waals surface area contributed by atoms with Gasteiger partial charge in [-0.25, -0.2) is 5.01 Å². The Hall–Kier alpha value is -3.42. The molecule has 2 atom stereocenters. The lowest BCUT2D eigenvalue weighted by atomic mass is 9.98. The summed E-state index contributed by atoms with van der Waals surface area (Å²) in [4.78, 5) is 29.9. The molecule has 188 valence electrons. The van der Waals surface area contributed by atoms with Crippen molar-refractivity contribution < 1.29 is 9.59 Å². The van der Waals surface area contributed by atoms with Gasteiger partial charge in [-0.1, -0.05) is 71.4 Å². The van der Waals surface area contributed by atoms with Gasteiger partial charge in [0.05, 0.1) is 11.8 Å². The number of aryl methyl sites for hydroxylation is 3. The first-order valence-corrected chi connectivity index (χ1v) is 13.4. The van der Waals surface area contributed by atoms with Gasteiger partial charge >= 0.3 is 0 Å². The molecule has 5 rings (SSSR count). The molecule has 6 nitrogen and oxygen atoms in total. The average molecular weight is 531 g/mol. The van der Waals surface area contributed by atoms with E-state index in [0.29, 0.717) is 16.6 Å². The van der Waals surface area contributed by atoms with Crippen molar-refractivity contribution >= 4 is 51.7 Å². The Morgan fingerprint density at radius 2 is 1.76 bits per heavy atom. The van der Waals surface area contributed by atoms with Crippen LogP contribution in [0.1, 0.15) is 46.7 Å². The first-order valence-electron chi connectivity index (χ1n) is 12.1. The SMILES string of the molecule is Cc1ccc(C2=NN(C3=NC(=O)[C@@H](CC(=O)Nc4ccc(C)c(C)c4)S3)[C@@H](c3ccc(Cl)cc3)C2)cc1. The number of anilines is 1. The first-order chi connectivity index (χ1) is 17.8. The summed E-state index contributed by atoms with van der Waals surface area (Å²) in [6.07, 6.45) is 0.702. The molecule has 3 aromatic carbocycles. The van der Waals surface area contributed by atoms with Gasteiger partial charge in [-0.3, -0.25) is 9.59 Å². The molecular weight excluding hydrogens is 504 g/mol. The number of carbonyl (C=O) groups excluding carboxylic acids is 2. The molecule has 0 radical (unpaired) electrons. The lowest BCUT2D eigenvalue weighted by Gasteiger charge is -2.23. The molecule has 2 aliphatic heterocycles. The van der Waals surface area contributed by atoms with Crippen LogP contribution in [0.4, 0.5) is 5.69 Å². The van der Waals surface area contributed by atoms with E-state index in [0.717, 1.165) is 33.7 Å². The molecule has 8 heteroatoms. The summed E-state index contributed by atoms with van der Waals surface area (Å²) in [5.41, 5.74) is 7.14. The van der Waals surface area contributed by atoms with Gasteiger partial charge in [0.25, 0.3) is 5.91 Å². The molecule has 2 amide bonds. The molecule has 3 aromatic rings. The number of thioether (sulfide) groups is 1. The quantitative estimate of drug-likeness (QED) is 0.411. The van der Waals surface area contributed by atoms with Crippen molar-refractivity contribution in [2.45, 2.75) is 44.9 Å². The van der Waals surface area contributed by atoms with Crippen LogP contribution >= 0.6 is 23.4 Å². The molecule has 0 saturated heterocycles. The molecule has 0 fully saturated rings. The minimum absolute atomic E-state index is 0.0391. The van der Waals surface area contributed by atoms with E-state index >= 15 is 0 Å². The fraction of sp³-hybridized carbons (Fsp3) is 0.241. The summed E-state index contributed by atoms with van der Waals surface area (Å²) in [5.74, 6) is -0.533. The number of benzene rings is 3. The summed E-state index contributed by atoms with van der Waals surface area (Å²) in [7, 11) is 0. The molecule has 0 aliphatic carbocycles. The van der Waals surface area contributed by atoms with Crippen LogP contribution < -0.4 is 5.32 Å². The maximum atomic E-state index is 12.8. The number of rotatable bonds is 5. The van der Waals surface area contributed by atoms with Crippen LogP contribution in [0.5, 0.6) is 0 Å². The molecule has 0 spiro atoms. The first kappa shape index (κ1) is 25.2. The van der Waals surface area contributed by atoms with Crippen molar-refractivity contribution in [3.05, 3.63) is 99.6 Å². The Labute approximate surface area is 225 Å². The fourth-order valence-electron chi connectivity index (χ4n) is 4.36. The molecule has 37 heavy (non-hydrogen) atoms. The van der Waals surface area contributed by atoms with Crippen molar-refractivity contribution in [2.24, 2.45) is 10.1 Å². The third-order valence-electron chi connectivity index (χ3n) is 6.64. The van der Waals surface area contributed by atoms with Crippen LogP contribution in [0.15, 0.2) is 76.8 Å². The zero-order valence-corrected chi connectivity index (χ0v) is 22.4. The smallest absolute Gasteiger partial charge is 0.262 e. The minimum atomic E-state index is -0.592.